The van der Waals surface area contributed by atoms with Crippen molar-refractivity contribution in [1.29, 1.82) is 0 Å². The number of hydrogen-bond acceptors (Lipinski definition) is 3. The van der Waals surface area contributed by atoms with Gasteiger partial charge in [0.2, 0.25) is 5.91 Å². The molecule has 122 valence electrons. The van der Waals surface area contributed by atoms with Crippen LogP contribution in [0.5, 0.6) is 5.75 Å². The lowest BCUT2D eigenvalue weighted by atomic mass is 10.2. The van der Waals surface area contributed by atoms with E-state index in [9.17, 15) is 14.0 Å². The quantitative estimate of drug-likeness (QED) is 0.834. The van der Waals surface area contributed by atoms with Gasteiger partial charge in [-0.2, -0.15) is 0 Å². The van der Waals surface area contributed by atoms with Crippen LogP contribution in [-0.4, -0.2) is 17.1 Å². The standard InChI is InChI=1S/C16H16BrFN2O3/c1-2-23-14-5-4-12(9-13(14)18)19-15(21)7-8-20-10-11(17)3-6-16(20)22/h3-6,9-10H,2,7-8H2,1H3,(H,19,21). The summed E-state index contributed by atoms with van der Waals surface area (Å²) in [7, 11) is 0. The second-order valence-corrected chi connectivity index (χ2v) is 5.67. The minimum Gasteiger partial charge on any atom is -0.491 e. The number of hydrogen-bond donors (Lipinski definition) is 1. The number of aromatic nitrogens is 1. The fourth-order valence-corrected chi connectivity index (χ4v) is 2.35. The van der Waals surface area contributed by atoms with Crippen LogP contribution in [0.2, 0.25) is 0 Å². The van der Waals surface area contributed by atoms with Gasteiger partial charge in [-0.3, -0.25) is 9.59 Å². The van der Waals surface area contributed by atoms with Gasteiger partial charge in [0.25, 0.3) is 5.56 Å². The highest BCUT2D eigenvalue weighted by atomic mass is 79.9. The number of halogens is 2. The molecule has 0 aliphatic rings. The molecule has 0 atom stereocenters. The first-order valence-corrected chi connectivity index (χ1v) is 7.87. The van der Waals surface area contributed by atoms with Crippen LogP contribution in [0, 0.1) is 5.82 Å². The Hall–Kier alpha value is -2.15. The van der Waals surface area contributed by atoms with E-state index in [1.165, 1.54) is 22.8 Å². The maximum absolute atomic E-state index is 13.7. The predicted molar refractivity (Wildman–Crippen MR) is 89.2 cm³/mol. The monoisotopic (exact) mass is 382 g/mol. The van der Waals surface area contributed by atoms with E-state index in [2.05, 4.69) is 21.2 Å². The van der Waals surface area contributed by atoms with Gasteiger partial charge in [0.15, 0.2) is 11.6 Å². The third-order valence-electron chi connectivity index (χ3n) is 3.04. The molecule has 2 rings (SSSR count). The van der Waals surface area contributed by atoms with Crippen LogP contribution in [0.3, 0.4) is 0 Å². The molecule has 1 aromatic heterocycles. The summed E-state index contributed by atoms with van der Waals surface area (Å²) in [6.07, 6.45) is 1.72. The molecule has 1 N–H and O–H groups in total. The van der Waals surface area contributed by atoms with Gasteiger partial charge < -0.3 is 14.6 Å². The third-order valence-corrected chi connectivity index (χ3v) is 3.51. The second kappa shape index (κ2) is 7.92. The number of carbonyl (C=O) groups is 1. The first-order chi connectivity index (χ1) is 11.0. The molecule has 0 bridgehead atoms. The topological polar surface area (TPSA) is 60.3 Å². The number of amides is 1. The molecule has 7 heteroatoms. The molecule has 0 fully saturated rings. The summed E-state index contributed by atoms with van der Waals surface area (Å²) >= 11 is 3.27. The number of ether oxygens (including phenoxy) is 1. The zero-order valence-electron chi connectivity index (χ0n) is 12.5. The van der Waals surface area contributed by atoms with Gasteiger partial charge in [-0.05, 0) is 41.1 Å². The van der Waals surface area contributed by atoms with Crippen LogP contribution in [0.25, 0.3) is 0 Å². The molecule has 0 aliphatic carbocycles. The van der Waals surface area contributed by atoms with Crippen molar-refractivity contribution in [3.05, 3.63) is 57.2 Å². The lowest BCUT2D eigenvalue weighted by Gasteiger charge is -2.09. The second-order valence-electron chi connectivity index (χ2n) is 4.76. The van der Waals surface area contributed by atoms with Gasteiger partial charge >= 0.3 is 0 Å². The molecule has 1 amide bonds. The van der Waals surface area contributed by atoms with Crippen molar-refractivity contribution in [1.82, 2.24) is 4.57 Å². The maximum atomic E-state index is 13.7. The van der Waals surface area contributed by atoms with E-state index in [-0.39, 0.29) is 30.2 Å². The number of rotatable bonds is 6. The summed E-state index contributed by atoms with van der Waals surface area (Å²) in [4.78, 5) is 23.5. The van der Waals surface area contributed by atoms with E-state index in [4.69, 9.17) is 4.74 Å². The van der Waals surface area contributed by atoms with Gasteiger partial charge in [0.05, 0.1) is 6.61 Å². The molecule has 5 nitrogen and oxygen atoms in total. The molecule has 0 spiro atoms. The molecule has 2 aromatic rings. The molecule has 1 aromatic carbocycles. The molecule has 0 saturated heterocycles. The van der Waals surface area contributed by atoms with Crippen molar-refractivity contribution in [2.75, 3.05) is 11.9 Å². The van der Waals surface area contributed by atoms with Gasteiger partial charge in [0, 0.05) is 41.5 Å². The molecule has 0 aliphatic heterocycles. The highest BCUT2D eigenvalue weighted by Crippen LogP contribution is 2.21. The Balaban J connectivity index is 1.96. The van der Waals surface area contributed by atoms with Crippen molar-refractivity contribution in [3.8, 4) is 5.75 Å². The zero-order valence-corrected chi connectivity index (χ0v) is 14.1. The normalized spacial score (nSPS) is 10.4. The number of aryl methyl sites for hydroxylation is 1. The number of benzene rings is 1. The van der Waals surface area contributed by atoms with Gasteiger partial charge in [0.1, 0.15) is 0 Å². The van der Waals surface area contributed by atoms with E-state index in [0.717, 1.165) is 4.47 Å². The van der Waals surface area contributed by atoms with Crippen LogP contribution in [0.15, 0.2) is 45.8 Å². The molecular formula is C16H16BrFN2O3. The Morgan fingerprint density at radius 1 is 1.35 bits per heavy atom. The van der Waals surface area contributed by atoms with Gasteiger partial charge in [-0.25, -0.2) is 4.39 Å². The first-order valence-electron chi connectivity index (χ1n) is 7.08. The smallest absolute Gasteiger partial charge is 0.250 e. The molecular weight excluding hydrogens is 367 g/mol. The molecule has 0 radical (unpaired) electrons. The van der Waals surface area contributed by atoms with Crippen molar-refractivity contribution in [2.24, 2.45) is 0 Å². The van der Waals surface area contributed by atoms with E-state index < -0.39 is 5.82 Å². The Bertz CT molecular complexity index is 761. The molecule has 0 saturated carbocycles. The summed E-state index contributed by atoms with van der Waals surface area (Å²) in [5, 5.41) is 2.59. The predicted octanol–water partition coefficient (Wildman–Crippen LogP) is 3.18. The Morgan fingerprint density at radius 2 is 2.13 bits per heavy atom. The third kappa shape index (κ3) is 4.92. The van der Waals surface area contributed by atoms with E-state index in [1.807, 2.05) is 0 Å². The fourth-order valence-electron chi connectivity index (χ4n) is 1.97. The zero-order chi connectivity index (χ0) is 16.8. The molecule has 0 unspecified atom stereocenters. The molecule has 23 heavy (non-hydrogen) atoms. The number of carbonyl (C=O) groups excluding carboxylic acids is 1. The van der Waals surface area contributed by atoms with Crippen molar-refractivity contribution in [3.63, 3.8) is 0 Å². The summed E-state index contributed by atoms with van der Waals surface area (Å²) in [5.41, 5.74) is 0.158. The highest BCUT2D eigenvalue weighted by molar-refractivity contribution is 9.10. The largest absolute Gasteiger partial charge is 0.491 e. The van der Waals surface area contributed by atoms with E-state index in [1.54, 1.807) is 25.3 Å². The Kier molecular flexibility index (Phi) is 5.92. The number of nitrogens with zero attached hydrogens (tertiary/aromatic N) is 1. The minimum atomic E-state index is -0.534. The van der Waals surface area contributed by atoms with Crippen molar-refractivity contribution < 1.29 is 13.9 Å². The number of nitrogens with one attached hydrogen (secondary N) is 1. The summed E-state index contributed by atoms with van der Waals surface area (Å²) in [6, 6.07) is 7.30. The summed E-state index contributed by atoms with van der Waals surface area (Å²) < 4.78 is 21.0. The van der Waals surface area contributed by atoms with Crippen molar-refractivity contribution in [2.45, 2.75) is 19.9 Å². The number of anilines is 1. The fraction of sp³-hybridized carbons (Fsp3) is 0.250. The average molecular weight is 383 g/mol. The van der Waals surface area contributed by atoms with Gasteiger partial charge in [-0.1, -0.05) is 0 Å². The Morgan fingerprint density at radius 3 is 2.83 bits per heavy atom. The molecule has 1 heterocycles. The van der Waals surface area contributed by atoms with Crippen LogP contribution < -0.4 is 15.6 Å². The summed E-state index contributed by atoms with van der Waals surface area (Å²) in [5.74, 6) is -0.695. The SMILES string of the molecule is CCOc1ccc(NC(=O)CCn2cc(Br)ccc2=O)cc1F. The van der Waals surface area contributed by atoms with Crippen LogP contribution in [-0.2, 0) is 11.3 Å². The average Bonchev–Trinajstić information content (AvgIpc) is 2.51. The van der Waals surface area contributed by atoms with Crippen LogP contribution in [0.4, 0.5) is 10.1 Å². The van der Waals surface area contributed by atoms with Crippen LogP contribution >= 0.6 is 15.9 Å². The lowest BCUT2D eigenvalue weighted by molar-refractivity contribution is -0.116. The minimum absolute atomic E-state index is 0.102. The van der Waals surface area contributed by atoms with Crippen LogP contribution in [0.1, 0.15) is 13.3 Å². The Labute approximate surface area is 141 Å². The van der Waals surface area contributed by atoms with E-state index in [0.29, 0.717) is 12.3 Å². The highest BCUT2D eigenvalue weighted by Gasteiger charge is 2.08. The number of pyridine rings is 1. The lowest BCUT2D eigenvalue weighted by Crippen LogP contribution is -2.22. The van der Waals surface area contributed by atoms with E-state index >= 15 is 0 Å². The van der Waals surface area contributed by atoms with Gasteiger partial charge in [-0.15, -0.1) is 0 Å². The summed E-state index contributed by atoms with van der Waals surface area (Å²) in [6.45, 7) is 2.37. The first kappa shape index (κ1) is 17.2. The maximum Gasteiger partial charge on any atom is 0.250 e. The van der Waals surface area contributed by atoms with Crippen molar-refractivity contribution >= 4 is 27.5 Å².